The summed E-state index contributed by atoms with van der Waals surface area (Å²) in [6, 6.07) is 2.93. The van der Waals surface area contributed by atoms with E-state index in [4.69, 9.17) is 4.42 Å². The van der Waals surface area contributed by atoms with Crippen molar-refractivity contribution in [3.63, 3.8) is 0 Å². The van der Waals surface area contributed by atoms with Crippen LogP contribution in [0.1, 0.15) is 38.0 Å². The molecule has 1 aromatic rings. The number of rotatable bonds is 7. The third-order valence-corrected chi connectivity index (χ3v) is 3.21. The Balaban J connectivity index is 1.98. The summed E-state index contributed by atoms with van der Waals surface area (Å²) >= 11 is 0. The van der Waals surface area contributed by atoms with Crippen LogP contribution in [0.15, 0.2) is 16.7 Å². The predicted molar refractivity (Wildman–Crippen MR) is 69.7 cm³/mol. The van der Waals surface area contributed by atoms with E-state index in [-0.39, 0.29) is 0 Å². The van der Waals surface area contributed by atoms with Gasteiger partial charge < -0.3 is 9.73 Å². The molecule has 0 unspecified atom stereocenters. The predicted octanol–water partition coefficient (Wildman–Crippen LogP) is 2.62. The number of nitrogens with one attached hydrogen (secondary N) is 1. The van der Waals surface area contributed by atoms with E-state index < -0.39 is 0 Å². The van der Waals surface area contributed by atoms with Crippen molar-refractivity contribution in [2.45, 2.75) is 45.8 Å². The minimum Gasteiger partial charge on any atom is -0.468 e. The zero-order valence-electron chi connectivity index (χ0n) is 11.2. The van der Waals surface area contributed by atoms with Gasteiger partial charge in [-0.25, -0.2) is 0 Å². The van der Waals surface area contributed by atoms with Crippen molar-refractivity contribution in [1.29, 1.82) is 0 Å². The Bertz CT molecular complexity index is 342. The molecule has 0 saturated heterocycles. The van der Waals surface area contributed by atoms with E-state index in [9.17, 15) is 0 Å². The Morgan fingerprint density at radius 3 is 2.82 bits per heavy atom. The second kappa shape index (κ2) is 5.69. The van der Waals surface area contributed by atoms with E-state index >= 15 is 0 Å². The quantitative estimate of drug-likeness (QED) is 0.789. The molecular formula is C14H24N2O. The van der Waals surface area contributed by atoms with Gasteiger partial charge in [0, 0.05) is 24.7 Å². The SMILES string of the molecule is CNCc1occc1CN(CC(C)C)C1CC1. The molecule has 1 aliphatic rings. The van der Waals surface area contributed by atoms with Gasteiger partial charge in [-0.2, -0.15) is 0 Å². The number of furan rings is 1. The summed E-state index contributed by atoms with van der Waals surface area (Å²) in [5, 5.41) is 3.16. The molecule has 2 rings (SSSR count). The number of nitrogens with zero attached hydrogens (tertiary/aromatic N) is 1. The first kappa shape index (κ1) is 12.7. The average molecular weight is 236 g/mol. The fourth-order valence-corrected chi connectivity index (χ4v) is 2.29. The highest BCUT2D eigenvalue weighted by Crippen LogP contribution is 2.29. The molecular weight excluding hydrogens is 212 g/mol. The van der Waals surface area contributed by atoms with E-state index in [1.54, 1.807) is 0 Å². The van der Waals surface area contributed by atoms with Gasteiger partial charge in [0.2, 0.25) is 0 Å². The molecule has 3 nitrogen and oxygen atoms in total. The van der Waals surface area contributed by atoms with Gasteiger partial charge in [0.15, 0.2) is 0 Å². The molecule has 0 atom stereocenters. The van der Waals surface area contributed by atoms with Gasteiger partial charge in [-0.15, -0.1) is 0 Å². The third-order valence-electron chi connectivity index (χ3n) is 3.21. The Morgan fingerprint density at radius 1 is 1.47 bits per heavy atom. The van der Waals surface area contributed by atoms with E-state index in [0.29, 0.717) is 0 Å². The molecule has 3 heteroatoms. The van der Waals surface area contributed by atoms with Crippen molar-refractivity contribution in [2.24, 2.45) is 5.92 Å². The van der Waals surface area contributed by atoms with Crippen LogP contribution in [0.4, 0.5) is 0 Å². The first-order valence-electron chi connectivity index (χ1n) is 6.64. The normalized spacial score (nSPS) is 16.1. The second-order valence-corrected chi connectivity index (χ2v) is 5.45. The Labute approximate surface area is 104 Å². The van der Waals surface area contributed by atoms with Crippen molar-refractivity contribution in [1.82, 2.24) is 10.2 Å². The molecule has 0 spiro atoms. The molecule has 0 aromatic carbocycles. The molecule has 1 saturated carbocycles. The summed E-state index contributed by atoms with van der Waals surface area (Å²) in [6.07, 6.45) is 4.54. The number of hydrogen-bond acceptors (Lipinski definition) is 3. The molecule has 1 heterocycles. The Kier molecular flexibility index (Phi) is 4.24. The molecule has 0 bridgehead atoms. The maximum atomic E-state index is 5.52. The Hall–Kier alpha value is -0.800. The first-order valence-corrected chi connectivity index (χ1v) is 6.64. The van der Waals surface area contributed by atoms with Gasteiger partial charge in [0.25, 0.3) is 0 Å². The van der Waals surface area contributed by atoms with Gasteiger partial charge in [-0.3, -0.25) is 4.90 Å². The standard InChI is InChI=1S/C14H24N2O/c1-11(2)9-16(13-4-5-13)10-12-6-7-17-14(12)8-15-3/h6-7,11,13,15H,4-5,8-10H2,1-3H3. The summed E-state index contributed by atoms with van der Waals surface area (Å²) in [5.41, 5.74) is 1.34. The fourth-order valence-electron chi connectivity index (χ4n) is 2.29. The van der Waals surface area contributed by atoms with Gasteiger partial charge in [-0.05, 0) is 31.9 Å². The largest absolute Gasteiger partial charge is 0.468 e. The van der Waals surface area contributed by atoms with Crippen LogP contribution in [0.3, 0.4) is 0 Å². The highest BCUT2D eigenvalue weighted by atomic mass is 16.3. The van der Waals surface area contributed by atoms with E-state index in [1.165, 1.54) is 24.9 Å². The van der Waals surface area contributed by atoms with Crippen molar-refractivity contribution in [3.05, 3.63) is 23.7 Å². The minimum absolute atomic E-state index is 0.732. The number of hydrogen-bond donors (Lipinski definition) is 1. The summed E-state index contributed by atoms with van der Waals surface area (Å²) in [7, 11) is 1.96. The molecule has 96 valence electrons. The topological polar surface area (TPSA) is 28.4 Å². The average Bonchev–Trinajstić information content (AvgIpc) is 3.02. The Morgan fingerprint density at radius 2 is 2.24 bits per heavy atom. The molecule has 0 amide bonds. The van der Waals surface area contributed by atoms with Crippen molar-refractivity contribution in [2.75, 3.05) is 13.6 Å². The molecule has 0 aliphatic heterocycles. The summed E-state index contributed by atoms with van der Waals surface area (Å²) < 4.78 is 5.52. The maximum absolute atomic E-state index is 5.52. The van der Waals surface area contributed by atoms with Gasteiger partial charge in [0.05, 0.1) is 12.8 Å². The molecule has 1 aromatic heterocycles. The van der Waals surface area contributed by atoms with Crippen LogP contribution in [0, 0.1) is 5.92 Å². The van der Waals surface area contributed by atoms with Crippen LogP contribution >= 0.6 is 0 Å². The monoisotopic (exact) mass is 236 g/mol. The molecule has 1 N–H and O–H groups in total. The highest BCUT2D eigenvalue weighted by molar-refractivity contribution is 5.17. The third kappa shape index (κ3) is 3.58. The van der Waals surface area contributed by atoms with E-state index in [2.05, 4.69) is 30.1 Å². The smallest absolute Gasteiger partial charge is 0.122 e. The van der Waals surface area contributed by atoms with Crippen LogP contribution in [0.2, 0.25) is 0 Å². The fraction of sp³-hybridized carbons (Fsp3) is 0.714. The van der Waals surface area contributed by atoms with Gasteiger partial charge in [-0.1, -0.05) is 13.8 Å². The molecule has 1 fully saturated rings. The van der Waals surface area contributed by atoms with Crippen LogP contribution in [-0.2, 0) is 13.1 Å². The zero-order chi connectivity index (χ0) is 12.3. The molecule has 0 radical (unpaired) electrons. The molecule has 17 heavy (non-hydrogen) atoms. The lowest BCUT2D eigenvalue weighted by Crippen LogP contribution is -2.29. The van der Waals surface area contributed by atoms with E-state index in [0.717, 1.165) is 30.8 Å². The van der Waals surface area contributed by atoms with Crippen molar-refractivity contribution < 1.29 is 4.42 Å². The zero-order valence-corrected chi connectivity index (χ0v) is 11.2. The van der Waals surface area contributed by atoms with Gasteiger partial charge >= 0.3 is 0 Å². The van der Waals surface area contributed by atoms with Crippen LogP contribution in [0.5, 0.6) is 0 Å². The summed E-state index contributed by atoms with van der Waals surface area (Å²) in [4.78, 5) is 2.61. The van der Waals surface area contributed by atoms with Crippen LogP contribution in [-0.4, -0.2) is 24.5 Å². The highest BCUT2D eigenvalue weighted by Gasteiger charge is 2.29. The maximum Gasteiger partial charge on any atom is 0.122 e. The lowest BCUT2D eigenvalue weighted by molar-refractivity contribution is 0.224. The van der Waals surface area contributed by atoms with Gasteiger partial charge in [0.1, 0.15) is 5.76 Å². The molecule has 1 aliphatic carbocycles. The van der Waals surface area contributed by atoms with Crippen LogP contribution in [0.25, 0.3) is 0 Å². The first-order chi connectivity index (χ1) is 8.20. The lowest BCUT2D eigenvalue weighted by Gasteiger charge is -2.23. The second-order valence-electron chi connectivity index (χ2n) is 5.45. The lowest BCUT2D eigenvalue weighted by atomic mass is 10.1. The van der Waals surface area contributed by atoms with E-state index in [1.807, 2.05) is 13.3 Å². The summed E-state index contributed by atoms with van der Waals surface area (Å²) in [6.45, 7) is 7.63. The van der Waals surface area contributed by atoms with Crippen molar-refractivity contribution >= 4 is 0 Å². The minimum atomic E-state index is 0.732. The van der Waals surface area contributed by atoms with Crippen LogP contribution < -0.4 is 5.32 Å². The van der Waals surface area contributed by atoms with Crippen molar-refractivity contribution in [3.8, 4) is 0 Å². The summed E-state index contributed by atoms with van der Waals surface area (Å²) in [5.74, 6) is 1.82.